The third kappa shape index (κ3) is 3.73. The van der Waals surface area contributed by atoms with E-state index in [1.165, 1.54) is 25.3 Å². The first kappa shape index (κ1) is 16.0. The van der Waals surface area contributed by atoms with Gasteiger partial charge in [0.25, 0.3) is 0 Å². The molecule has 0 spiro atoms. The third-order valence-electron chi connectivity index (χ3n) is 2.44. The number of ether oxygens (including phenoxy) is 1. The molecule has 0 radical (unpaired) electrons. The monoisotopic (exact) mass is 302 g/mol. The van der Waals surface area contributed by atoms with Crippen LogP contribution in [0.2, 0.25) is 0 Å². The highest BCUT2D eigenvalue weighted by Crippen LogP contribution is 2.29. The number of methoxy groups -OCH3 is 1. The highest BCUT2D eigenvalue weighted by atomic mass is 32.2. The molecule has 1 N–H and O–H groups in total. The van der Waals surface area contributed by atoms with Crippen LogP contribution in [0.3, 0.4) is 0 Å². The molecule has 0 aliphatic carbocycles. The molecule has 1 rings (SSSR count). The first-order valence-electron chi connectivity index (χ1n) is 5.47. The molecule has 106 valence electrons. The average molecular weight is 302 g/mol. The molecular weight excluding hydrogens is 292 g/mol. The number of benzene rings is 1. The van der Waals surface area contributed by atoms with Gasteiger partial charge in [-0.05, 0) is 18.2 Å². The molecule has 0 bridgehead atoms. The van der Waals surface area contributed by atoms with E-state index in [-0.39, 0.29) is 22.0 Å². The number of anilines is 1. The minimum absolute atomic E-state index is 0.0126. The van der Waals surface area contributed by atoms with E-state index >= 15 is 0 Å². The van der Waals surface area contributed by atoms with Crippen molar-refractivity contribution in [3.8, 4) is 24.0 Å². The van der Waals surface area contributed by atoms with E-state index in [4.69, 9.17) is 20.5 Å². The lowest BCUT2D eigenvalue weighted by atomic mass is 10.2. The van der Waals surface area contributed by atoms with Gasteiger partial charge in [-0.1, -0.05) is 0 Å². The molecule has 0 aromatic heterocycles. The maximum atomic E-state index is 11.5. The van der Waals surface area contributed by atoms with Crippen molar-refractivity contribution in [2.75, 3.05) is 18.7 Å². The summed E-state index contributed by atoms with van der Waals surface area (Å²) < 4.78 is 28.1. The summed E-state index contributed by atoms with van der Waals surface area (Å²) in [4.78, 5) is 0.0126. The second-order valence-electron chi connectivity index (χ2n) is 3.84. The summed E-state index contributed by atoms with van der Waals surface area (Å²) >= 11 is 0. The predicted octanol–water partition coefficient (Wildman–Crippen LogP) is 1.34. The van der Waals surface area contributed by atoms with Crippen molar-refractivity contribution >= 4 is 15.5 Å². The Balaban J connectivity index is 3.44. The molecule has 7 nitrogen and oxygen atoms in total. The zero-order valence-corrected chi connectivity index (χ0v) is 12.0. The van der Waals surface area contributed by atoms with Gasteiger partial charge in [0.1, 0.15) is 29.7 Å². The maximum absolute atomic E-state index is 11.5. The van der Waals surface area contributed by atoms with Crippen molar-refractivity contribution in [1.29, 1.82) is 15.8 Å². The minimum atomic E-state index is -3.45. The summed E-state index contributed by atoms with van der Waals surface area (Å²) in [5.41, 5.74) is -0.534. The number of hydrogen-bond acceptors (Lipinski definition) is 7. The van der Waals surface area contributed by atoms with Crippen LogP contribution in [0.15, 0.2) is 34.4 Å². The minimum Gasteiger partial charge on any atom is -0.495 e. The fourth-order valence-corrected chi connectivity index (χ4v) is 2.08. The van der Waals surface area contributed by atoms with Crippen LogP contribution >= 0.6 is 0 Å². The topological polar surface area (TPSA) is 127 Å². The van der Waals surface area contributed by atoms with Gasteiger partial charge < -0.3 is 10.1 Å². The highest BCUT2D eigenvalue weighted by molar-refractivity contribution is 7.90. The SMILES string of the molecule is COc1ccc(S(C)(=O)=O)cc1NC(C#N)=C(C#N)C#N. The van der Waals surface area contributed by atoms with Crippen LogP contribution in [-0.2, 0) is 9.84 Å². The average Bonchev–Trinajstić information content (AvgIpc) is 2.46. The fourth-order valence-electron chi connectivity index (χ4n) is 1.43. The summed E-state index contributed by atoms with van der Waals surface area (Å²) in [7, 11) is -2.08. The molecule has 0 saturated heterocycles. The number of hydrogen-bond donors (Lipinski definition) is 1. The molecule has 0 aliphatic heterocycles. The van der Waals surface area contributed by atoms with Gasteiger partial charge in [-0.3, -0.25) is 0 Å². The molecule has 1 aromatic carbocycles. The Morgan fingerprint density at radius 2 is 1.81 bits per heavy atom. The smallest absolute Gasteiger partial charge is 0.175 e. The van der Waals surface area contributed by atoms with Gasteiger partial charge in [0.15, 0.2) is 15.4 Å². The Morgan fingerprint density at radius 3 is 2.24 bits per heavy atom. The van der Waals surface area contributed by atoms with Gasteiger partial charge in [0.05, 0.1) is 17.7 Å². The summed E-state index contributed by atoms with van der Waals surface area (Å²) in [5, 5.41) is 29.1. The van der Waals surface area contributed by atoms with Gasteiger partial charge in [0.2, 0.25) is 0 Å². The van der Waals surface area contributed by atoms with Crippen LogP contribution in [0.25, 0.3) is 0 Å². The number of rotatable bonds is 4. The van der Waals surface area contributed by atoms with Crippen molar-refractivity contribution in [2.24, 2.45) is 0 Å². The van der Waals surface area contributed by atoms with Gasteiger partial charge in [-0.15, -0.1) is 0 Å². The Kier molecular flexibility index (Phi) is 4.91. The Morgan fingerprint density at radius 1 is 1.19 bits per heavy atom. The van der Waals surface area contributed by atoms with Crippen molar-refractivity contribution in [3.63, 3.8) is 0 Å². The molecular formula is C13H10N4O3S. The third-order valence-corrected chi connectivity index (χ3v) is 3.55. The predicted molar refractivity (Wildman–Crippen MR) is 73.6 cm³/mol. The van der Waals surface area contributed by atoms with Crippen molar-refractivity contribution in [2.45, 2.75) is 4.90 Å². The van der Waals surface area contributed by atoms with Crippen LogP contribution in [-0.4, -0.2) is 21.8 Å². The number of nitrogens with one attached hydrogen (secondary N) is 1. The summed E-state index contributed by atoms with van der Waals surface area (Å²) in [6.45, 7) is 0. The van der Waals surface area contributed by atoms with E-state index in [0.717, 1.165) is 6.26 Å². The van der Waals surface area contributed by atoms with Gasteiger partial charge in [-0.25, -0.2) is 8.42 Å². The second-order valence-corrected chi connectivity index (χ2v) is 5.86. The van der Waals surface area contributed by atoms with E-state index in [2.05, 4.69) is 5.32 Å². The molecule has 0 aliphatic rings. The van der Waals surface area contributed by atoms with Crippen LogP contribution in [0.1, 0.15) is 0 Å². The highest BCUT2D eigenvalue weighted by Gasteiger charge is 2.14. The molecule has 0 unspecified atom stereocenters. The molecule has 0 heterocycles. The van der Waals surface area contributed by atoms with E-state index in [0.29, 0.717) is 0 Å². The Labute approximate surface area is 122 Å². The summed E-state index contributed by atoms with van der Waals surface area (Å²) in [6.07, 6.45) is 1.04. The van der Waals surface area contributed by atoms with E-state index < -0.39 is 15.4 Å². The van der Waals surface area contributed by atoms with Crippen molar-refractivity contribution in [3.05, 3.63) is 29.5 Å². The van der Waals surface area contributed by atoms with Crippen molar-refractivity contribution in [1.82, 2.24) is 0 Å². The van der Waals surface area contributed by atoms with Crippen LogP contribution in [0, 0.1) is 34.0 Å². The first-order valence-corrected chi connectivity index (χ1v) is 7.36. The largest absolute Gasteiger partial charge is 0.495 e. The van der Waals surface area contributed by atoms with Gasteiger partial charge >= 0.3 is 0 Å². The second kappa shape index (κ2) is 6.42. The zero-order valence-electron chi connectivity index (χ0n) is 11.2. The van der Waals surface area contributed by atoms with E-state index in [1.807, 2.05) is 0 Å². The standard InChI is InChI=1S/C13H10N4O3S/c1-20-13-4-3-10(21(2,18)19)5-11(13)17-12(8-16)9(6-14)7-15/h3-5,17H,1-2H3. The zero-order chi connectivity index (χ0) is 16.0. The lowest BCUT2D eigenvalue weighted by Crippen LogP contribution is -2.05. The van der Waals surface area contributed by atoms with Gasteiger partial charge in [-0.2, -0.15) is 15.8 Å². The van der Waals surface area contributed by atoms with E-state index in [1.54, 1.807) is 18.2 Å². The number of sulfone groups is 1. The number of nitriles is 3. The lowest BCUT2D eigenvalue weighted by Gasteiger charge is -2.11. The lowest BCUT2D eigenvalue weighted by molar-refractivity contribution is 0.416. The van der Waals surface area contributed by atoms with Crippen molar-refractivity contribution < 1.29 is 13.2 Å². The summed E-state index contributed by atoms with van der Waals surface area (Å²) in [6, 6.07) is 8.86. The summed E-state index contributed by atoms with van der Waals surface area (Å²) in [5.74, 6) is 0.269. The Bertz CT molecular complexity index is 804. The normalized spacial score (nSPS) is 9.67. The number of allylic oxidation sites excluding steroid dienone is 2. The molecule has 1 aromatic rings. The maximum Gasteiger partial charge on any atom is 0.175 e. The first-order chi connectivity index (χ1) is 9.87. The Hall–Kier alpha value is -3.02. The molecule has 0 fully saturated rings. The molecule has 0 amide bonds. The number of nitrogens with zero attached hydrogens (tertiary/aromatic N) is 3. The van der Waals surface area contributed by atoms with Crippen LogP contribution in [0.4, 0.5) is 5.69 Å². The van der Waals surface area contributed by atoms with Crippen LogP contribution in [0.5, 0.6) is 5.75 Å². The quantitative estimate of drug-likeness (QED) is 0.831. The van der Waals surface area contributed by atoms with E-state index in [9.17, 15) is 8.42 Å². The molecule has 0 atom stereocenters. The molecule has 0 saturated carbocycles. The van der Waals surface area contributed by atoms with Gasteiger partial charge in [0, 0.05) is 6.26 Å². The molecule has 21 heavy (non-hydrogen) atoms. The molecule has 8 heteroatoms. The fraction of sp³-hybridized carbons (Fsp3) is 0.154. The van der Waals surface area contributed by atoms with Crippen LogP contribution < -0.4 is 10.1 Å².